The van der Waals surface area contributed by atoms with Gasteiger partial charge in [0, 0.05) is 31.1 Å². The Kier molecular flexibility index (Phi) is 23.7. The van der Waals surface area contributed by atoms with Gasteiger partial charge in [0.25, 0.3) is 0 Å². The van der Waals surface area contributed by atoms with Crippen LogP contribution in [0.25, 0.3) is 22.3 Å². The summed E-state index contributed by atoms with van der Waals surface area (Å²) in [7, 11) is 0. The maximum atomic E-state index is 13.2. The molecule has 7 rings (SSSR count). The molecule has 5 aromatic rings. The van der Waals surface area contributed by atoms with Gasteiger partial charge in [-0.05, 0) is 209 Å². The van der Waals surface area contributed by atoms with Crippen LogP contribution in [0.5, 0.6) is 23.0 Å². The average Bonchev–Trinajstić information content (AvgIpc) is 3.51. The fourth-order valence-electron chi connectivity index (χ4n) is 10.6. The summed E-state index contributed by atoms with van der Waals surface area (Å²) in [5.74, 6) is 2.25. The molecule has 2 saturated carbocycles. The number of carbonyl (C=O) groups excluding carboxylic acids is 4. The zero-order valence-electron chi connectivity index (χ0n) is 45.3. The maximum Gasteiger partial charge on any atom is 0.330 e. The first-order valence-electron chi connectivity index (χ1n) is 28.4. The van der Waals surface area contributed by atoms with Gasteiger partial charge in [-0.3, -0.25) is 9.59 Å². The number of esters is 4. The zero-order chi connectivity index (χ0) is 54.7. The van der Waals surface area contributed by atoms with Crippen LogP contribution < -0.4 is 18.9 Å². The molecule has 0 heterocycles. The van der Waals surface area contributed by atoms with Crippen molar-refractivity contribution in [1.29, 1.82) is 5.26 Å². The molecule has 11 nitrogen and oxygen atoms in total. The summed E-state index contributed by atoms with van der Waals surface area (Å²) in [5.41, 5.74) is 7.62. The van der Waals surface area contributed by atoms with E-state index in [4.69, 9.17) is 28.4 Å². The summed E-state index contributed by atoms with van der Waals surface area (Å²) in [4.78, 5) is 48.7. The number of hydrogen-bond donors (Lipinski definition) is 0. The first-order chi connectivity index (χ1) is 38.2. The van der Waals surface area contributed by atoms with Gasteiger partial charge in [-0.2, -0.15) is 5.26 Å². The number of nitriles is 1. The van der Waals surface area contributed by atoms with Crippen molar-refractivity contribution in [2.45, 2.75) is 140 Å². The van der Waals surface area contributed by atoms with Gasteiger partial charge in [0.2, 0.25) is 0 Å². The molecule has 0 atom stereocenters. The molecule has 2 aliphatic rings. The van der Waals surface area contributed by atoms with Crippen molar-refractivity contribution in [2.24, 2.45) is 11.8 Å². The molecule has 0 N–H and O–H groups in total. The summed E-state index contributed by atoms with van der Waals surface area (Å²) in [6.45, 7) is 8.96. The van der Waals surface area contributed by atoms with E-state index in [1.54, 1.807) is 12.1 Å². The van der Waals surface area contributed by atoms with E-state index in [0.717, 1.165) is 137 Å². The summed E-state index contributed by atoms with van der Waals surface area (Å²) >= 11 is 0. The molecule has 0 saturated heterocycles. The molecule has 5 aromatic carbocycles. The largest absolute Gasteiger partial charge is 0.494 e. The molecule has 0 unspecified atom stereocenters. The molecule has 2 aliphatic carbocycles. The second-order valence-corrected chi connectivity index (χ2v) is 20.8. The molecule has 2 fully saturated rings. The molecule has 0 spiro atoms. The molecule has 0 amide bonds. The molecule has 0 aromatic heterocycles. The summed E-state index contributed by atoms with van der Waals surface area (Å²) in [5, 5.41) is 9.61. The minimum absolute atomic E-state index is 0.105. The van der Waals surface area contributed by atoms with Crippen molar-refractivity contribution in [3.63, 3.8) is 0 Å². The number of nitrogens with zero attached hydrogens (tertiary/aromatic N) is 1. The molecule has 11 heteroatoms. The van der Waals surface area contributed by atoms with Crippen LogP contribution in [-0.2, 0) is 28.7 Å². The van der Waals surface area contributed by atoms with Crippen LogP contribution in [0.1, 0.15) is 157 Å². The van der Waals surface area contributed by atoms with E-state index in [1.165, 1.54) is 34.9 Å². The van der Waals surface area contributed by atoms with Gasteiger partial charge in [-0.15, -0.1) is 0 Å². The van der Waals surface area contributed by atoms with Crippen molar-refractivity contribution in [3.8, 4) is 51.3 Å². The number of ether oxygens (including phenoxy) is 6. The Morgan fingerprint density at radius 3 is 1.22 bits per heavy atom. The van der Waals surface area contributed by atoms with E-state index in [2.05, 4.69) is 92.0 Å². The highest BCUT2D eigenvalue weighted by Gasteiger charge is 2.26. The van der Waals surface area contributed by atoms with Crippen LogP contribution in [0.15, 0.2) is 141 Å². The third-order valence-corrected chi connectivity index (χ3v) is 15.3. The fourth-order valence-corrected chi connectivity index (χ4v) is 10.6. The number of unbranched alkanes of at least 4 members (excludes halogenated alkanes) is 6. The topological polar surface area (TPSA) is 147 Å². The van der Waals surface area contributed by atoms with E-state index in [9.17, 15) is 24.4 Å². The van der Waals surface area contributed by atoms with Gasteiger partial charge in [0.1, 0.15) is 11.5 Å². The lowest BCUT2D eigenvalue weighted by Gasteiger charge is -2.29. The third-order valence-electron chi connectivity index (χ3n) is 15.3. The van der Waals surface area contributed by atoms with Gasteiger partial charge in [-0.1, -0.05) is 86.0 Å². The van der Waals surface area contributed by atoms with E-state index < -0.39 is 5.97 Å². The SMILES string of the molecule is C=CC(=O)OCCCCCCOc1ccc(-c2ccc(C3CCC(CCC(=O)Oc4cc(C#N)ccc4OC(=O)CC[C@H]4CC[C@H](c5ccc(-c6ccc(OCCCCCCOC(=O)C=C)cc6)cc5)CC4)CC3)cc2)cc1. The quantitative estimate of drug-likeness (QED) is 0.0187. The van der Waals surface area contributed by atoms with E-state index in [1.807, 2.05) is 24.3 Å². The number of benzene rings is 5. The van der Waals surface area contributed by atoms with E-state index in [0.29, 0.717) is 62.1 Å². The lowest BCUT2D eigenvalue weighted by molar-refractivity contribution is -0.138. The zero-order valence-corrected chi connectivity index (χ0v) is 45.3. The van der Waals surface area contributed by atoms with Crippen molar-refractivity contribution < 1.29 is 47.6 Å². The Morgan fingerprint density at radius 1 is 0.462 bits per heavy atom. The van der Waals surface area contributed by atoms with Crippen LogP contribution >= 0.6 is 0 Å². The van der Waals surface area contributed by atoms with Crippen molar-refractivity contribution in [1.82, 2.24) is 0 Å². The van der Waals surface area contributed by atoms with Gasteiger partial charge in [0.05, 0.1) is 38.1 Å². The minimum Gasteiger partial charge on any atom is -0.494 e. The predicted octanol–water partition coefficient (Wildman–Crippen LogP) is 15.5. The minimum atomic E-state index is -0.397. The fraction of sp³-hybridized carbons (Fsp3) is 0.418. The van der Waals surface area contributed by atoms with Gasteiger partial charge < -0.3 is 28.4 Å². The van der Waals surface area contributed by atoms with Crippen LogP contribution in [0.2, 0.25) is 0 Å². The van der Waals surface area contributed by atoms with Crippen molar-refractivity contribution in [3.05, 3.63) is 157 Å². The first kappa shape index (κ1) is 58.2. The monoisotopic (exact) mass is 1060 g/mol. The Morgan fingerprint density at radius 2 is 0.833 bits per heavy atom. The van der Waals surface area contributed by atoms with Gasteiger partial charge >= 0.3 is 23.9 Å². The Hall–Kier alpha value is -7.45. The molecular formula is C67H77NO10. The highest BCUT2D eigenvalue weighted by atomic mass is 16.6. The Labute approximate surface area is 461 Å². The van der Waals surface area contributed by atoms with Gasteiger partial charge in [0.15, 0.2) is 11.5 Å². The molecule has 0 bridgehead atoms. The molecule has 0 radical (unpaired) electrons. The lowest BCUT2D eigenvalue weighted by atomic mass is 9.77. The Bertz CT molecular complexity index is 2730. The highest BCUT2D eigenvalue weighted by Crippen LogP contribution is 2.40. The molecule has 410 valence electrons. The highest BCUT2D eigenvalue weighted by molar-refractivity contribution is 5.81. The molecule has 0 aliphatic heterocycles. The second-order valence-electron chi connectivity index (χ2n) is 20.8. The number of rotatable bonds is 30. The third kappa shape index (κ3) is 19.2. The maximum absolute atomic E-state index is 13.2. The molecular weight excluding hydrogens is 979 g/mol. The van der Waals surface area contributed by atoms with Crippen LogP contribution in [0, 0.1) is 23.2 Å². The average molecular weight is 1060 g/mol. The summed E-state index contributed by atoms with van der Waals surface area (Å²) in [6.07, 6.45) is 20.3. The van der Waals surface area contributed by atoms with Crippen molar-refractivity contribution in [2.75, 3.05) is 26.4 Å². The van der Waals surface area contributed by atoms with E-state index in [-0.39, 0.29) is 42.2 Å². The second kappa shape index (κ2) is 31.7. The van der Waals surface area contributed by atoms with E-state index >= 15 is 0 Å². The van der Waals surface area contributed by atoms with Crippen LogP contribution in [0.3, 0.4) is 0 Å². The Balaban J connectivity index is 0.760. The van der Waals surface area contributed by atoms with Crippen LogP contribution in [-0.4, -0.2) is 50.3 Å². The smallest absolute Gasteiger partial charge is 0.330 e. The predicted molar refractivity (Wildman–Crippen MR) is 304 cm³/mol. The first-order valence-corrected chi connectivity index (χ1v) is 28.4. The lowest BCUT2D eigenvalue weighted by Crippen LogP contribution is -2.17. The van der Waals surface area contributed by atoms with Crippen LogP contribution in [0.4, 0.5) is 0 Å². The molecule has 78 heavy (non-hydrogen) atoms. The standard InChI is InChI=1S/C67H77NO10/c1-3-64(69)75-45-11-7-5-9-43-73-60-36-32-58(33-37-60)56-28-24-54(25-29-56)52-20-13-49(14-21-52)18-41-66(71)77-62-40-17-51(48-68)47-63(62)78-67(72)42-19-50-15-22-53(23-16-50)55-26-30-57(31-27-55)59-34-38-61(39-35-59)74-44-10-6-8-12-46-76-65(70)4-2/h3-4,17,24-40,47,49-50,52-53H,1-2,5-16,18-23,41-46H2/t49-,50?,52-,53?. The number of hydrogen-bond acceptors (Lipinski definition) is 11. The van der Waals surface area contributed by atoms with Gasteiger partial charge in [-0.25, -0.2) is 9.59 Å². The summed E-state index contributed by atoms with van der Waals surface area (Å²) < 4.78 is 33.5. The normalized spacial score (nSPS) is 16.9. The summed E-state index contributed by atoms with van der Waals surface area (Å²) in [6, 6.07) is 40.9. The number of carbonyl (C=O) groups is 4. The van der Waals surface area contributed by atoms with Crippen molar-refractivity contribution >= 4 is 23.9 Å².